The second kappa shape index (κ2) is 7.45. The smallest absolute Gasteiger partial charge is 0.253 e. The third kappa shape index (κ3) is 3.34. The first-order chi connectivity index (χ1) is 15.5. The van der Waals surface area contributed by atoms with E-state index < -0.39 is 0 Å². The summed E-state index contributed by atoms with van der Waals surface area (Å²) in [7, 11) is 0. The normalized spacial score (nSPS) is 17.4. The Labute approximate surface area is 194 Å². The van der Waals surface area contributed by atoms with Crippen molar-refractivity contribution in [3.05, 3.63) is 82.2 Å². The van der Waals surface area contributed by atoms with Gasteiger partial charge in [0.05, 0.1) is 11.1 Å². The Morgan fingerprint density at radius 1 is 1.06 bits per heavy atom. The Morgan fingerprint density at radius 3 is 2.66 bits per heavy atom. The molecule has 162 valence electrons. The minimum absolute atomic E-state index is 0.100. The molecule has 3 nitrogen and oxygen atoms in total. The topological polar surface area (TPSA) is 34.0 Å². The molecule has 32 heavy (non-hydrogen) atoms. The fourth-order valence-corrected chi connectivity index (χ4v) is 5.98. The number of amides is 1. The third-order valence-electron chi connectivity index (χ3n) is 7.44. The molecule has 1 heterocycles. The number of halogens is 2. The molecule has 0 radical (unpaired) electrons. The first-order valence-corrected chi connectivity index (χ1v) is 12.1. The zero-order chi connectivity index (χ0) is 21.9. The van der Waals surface area contributed by atoms with Crippen LogP contribution in [0.25, 0.3) is 21.7 Å². The van der Waals surface area contributed by atoms with Gasteiger partial charge in [-0.1, -0.05) is 40.5 Å². The van der Waals surface area contributed by atoms with Crippen molar-refractivity contribution >= 4 is 43.5 Å². The lowest BCUT2D eigenvalue weighted by Crippen LogP contribution is -2.53. The Morgan fingerprint density at radius 2 is 1.88 bits per heavy atom. The Kier molecular flexibility index (Phi) is 4.65. The summed E-state index contributed by atoms with van der Waals surface area (Å²) in [4.78, 5) is 13.2. The number of aromatic nitrogens is 1. The average molecular weight is 491 g/mol. The first-order valence-electron chi connectivity index (χ1n) is 11.3. The Bertz CT molecular complexity index is 1360. The summed E-state index contributed by atoms with van der Waals surface area (Å²) >= 11 is 3.54. The van der Waals surface area contributed by atoms with Crippen molar-refractivity contribution in [1.29, 1.82) is 0 Å². The highest BCUT2D eigenvalue weighted by atomic mass is 79.9. The molecule has 0 bridgehead atoms. The van der Waals surface area contributed by atoms with Gasteiger partial charge >= 0.3 is 0 Å². The molecule has 2 fully saturated rings. The van der Waals surface area contributed by atoms with Crippen LogP contribution >= 0.6 is 15.9 Å². The maximum Gasteiger partial charge on any atom is 0.253 e. The maximum atomic E-state index is 14.6. The molecule has 6 rings (SSSR count). The molecule has 2 aliphatic rings. The van der Waals surface area contributed by atoms with Gasteiger partial charge in [-0.05, 0) is 83.8 Å². The molecule has 1 amide bonds. The highest BCUT2D eigenvalue weighted by molar-refractivity contribution is 9.10. The summed E-state index contributed by atoms with van der Waals surface area (Å²) in [5, 5.41) is 6.01. The van der Waals surface area contributed by atoms with E-state index in [9.17, 15) is 9.18 Å². The van der Waals surface area contributed by atoms with Crippen molar-refractivity contribution in [3.63, 3.8) is 0 Å². The molecule has 1 spiro atoms. The van der Waals surface area contributed by atoms with Gasteiger partial charge in [0.15, 0.2) is 0 Å². The van der Waals surface area contributed by atoms with Gasteiger partial charge in [0.1, 0.15) is 5.82 Å². The lowest BCUT2D eigenvalue weighted by molar-refractivity contribution is -0.000603. The fourth-order valence-electron chi connectivity index (χ4n) is 5.60. The van der Waals surface area contributed by atoms with Gasteiger partial charge in [0.2, 0.25) is 0 Å². The van der Waals surface area contributed by atoms with Crippen LogP contribution in [-0.4, -0.2) is 16.5 Å². The van der Waals surface area contributed by atoms with Crippen LogP contribution in [0, 0.1) is 11.2 Å². The summed E-state index contributed by atoms with van der Waals surface area (Å²) in [6.07, 6.45) is 7.95. The second-order valence-corrected chi connectivity index (χ2v) is 10.5. The van der Waals surface area contributed by atoms with Crippen LogP contribution in [0.4, 0.5) is 4.39 Å². The maximum absolute atomic E-state index is 14.6. The van der Waals surface area contributed by atoms with E-state index in [2.05, 4.69) is 51.6 Å². The van der Waals surface area contributed by atoms with Crippen molar-refractivity contribution in [1.82, 2.24) is 9.88 Å². The summed E-state index contributed by atoms with van der Waals surface area (Å²) in [6.45, 7) is 0.572. The first kappa shape index (κ1) is 20.0. The van der Waals surface area contributed by atoms with E-state index >= 15 is 0 Å². The highest BCUT2D eigenvalue weighted by Crippen LogP contribution is 2.55. The number of fused-ring (bicyclic) bond motifs is 2. The number of hydrogen-bond acceptors (Lipinski definition) is 1. The van der Waals surface area contributed by atoms with E-state index in [1.165, 1.54) is 30.7 Å². The van der Waals surface area contributed by atoms with Gasteiger partial charge in [-0.15, -0.1) is 0 Å². The molecule has 3 aromatic carbocycles. The van der Waals surface area contributed by atoms with Gasteiger partial charge < -0.3 is 9.88 Å². The average Bonchev–Trinajstić information content (AvgIpc) is 3.13. The van der Waals surface area contributed by atoms with E-state index in [0.717, 1.165) is 28.3 Å². The minimum atomic E-state index is -0.296. The quantitative estimate of drug-likeness (QED) is 0.335. The molecule has 2 aliphatic carbocycles. The molecule has 2 saturated carbocycles. The van der Waals surface area contributed by atoms with Crippen LogP contribution in [0.15, 0.2) is 65.3 Å². The zero-order valence-corrected chi connectivity index (χ0v) is 19.3. The van der Waals surface area contributed by atoms with Crippen molar-refractivity contribution in [2.45, 2.75) is 44.7 Å². The number of carbonyl (C=O) groups is 1. The van der Waals surface area contributed by atoms with Crippen LogP contribution < -0.4 is 5.32 Å². The van der Waals surface area contributed by atoms with E-state index in [1.807, 2.05) is 16.8 Å². The van der Waals surface area contributed by atoms with E-state index in [1.54, 1.807) is 12.1 Å². The van der Waals surface area contributed by atoms with Crippen LogP contribution in [0.1, 0.15) is 48.0 Å². The molecule has 5 heteroatoms. The monoisotopic (exact) mass is 490 g/mol. The Balaban J connectivity index is 1.31. The molecule has 0 aliphatic heterocycles. The third-order valence-corrected chi connectivity index (χ3v) is 7.94. The van der Waals surface area contributed by atoms with Crippen molar-refractivity contribution in [3.8, 4) is 0 Å². The number of nitrogens with one attached hydrogen (secondary N) is 1. The summed E-state index contributed by atoms with van der Waals surface area (Å²) in [5.74, 6) is -0.397. The SMILES string of the molecule is O=C(NC1CC2(CCC2)C1)c1ccc(F)c2ccn(Cc3ccc4ccc(Br)cc4c3)c12. The largest absolute Gasteiger partial charge is 0.349 e. The van der Waals surface area contributed by atoms with Crippen LogP contribution in [-0.2, 0) is 6.54 Å². The highest BCUT2D eigenvalue weighted by Gasteiger charge is 2.48. The minimum Gasteiger partial charge on any atom is -0.349 e. The zero-order valence-electron chi connectivity index (χ0n) is 17.7. The molecule has 4 aromatic rings. The van der Waals surface area contributed by atoms with Crippen molar-refractivity contribution < 1.29 is 9.18 Å². The predicted molar refractivity (Wildman–Crippen MR) is 129 cm³/mol. The molecule has 1 N–H and O–H groups in total. The van der Waals surface area contributed by atoms with Gasteiger partial charge in [0, 0.05) is 28.6 Å². The summed E-state index contributed by atoms with van der Waals surface area (Å²) in [6, 6.07) is 17.6. The predicted octanol–water partition coefficient (Wildman–Crippen LogP) is 6.81. The molecular weight excluding hydrogens is 467 g/mol. The van der Waals surface area contributed by atoms with E-state index in [-0.39, 0.29) is 17.8 Å². The number of rotatable bonds is 4. The molecular formula is C27H24BrFN2O. The number of hydrogen-bond donors (Lipinski definition) is 1. The number of benzene rings is 3. The fraction of sp³-hybridized carbons (Fsp3) is 0.296. The van der Waals surface area contributed by atoms with Crippen LogP contribution in [0.5, 0.6) is 0 Å². The molecule has 0 atom stereocenters. The second-order valence-electron chi connectivity index (χ2n) is 9.56. The van der Waals surface area contributed by atoms with Gasteiger partial charge in [-0.3, -0.25) is 4.79 Å². The lowest BCUT2D eigenvalue weighted by Gasteiger charge is -2.54. The molecule has 1 aromatic heterocycles. The van der Waals surface area contributed by atoms with Gasteiger partial charge in [-0.2, -0.15) is 0 Å². The number of carbonyl (C=O) groups excluding carboxylic acids is 1. The number of nitrogens with zero attached hydrogens (tertiary/aromatic N) is 1. The Hall–Kier alpha value is -2.66. The van der Waals surface area contributed by atoms with Gasteiger partial charge in [0.25, 0.3) is 5.91 Å². The van der Waals surface area contributed by atoms with E-state index in [4.69, 9.17) is 0 Å². The standard InChI is InChI=1S/C27H24BrFN2O/c28-20-5-4-18-3-2-17(12-19(18)13-20)16-31-11-8-22-24(29)7-6-23(25(22)31)26(32)30-21-14-27(15-21)9-1-10-27/h2-8,11-13,21H,1,9-10,14-16H2,(H,30,32). The summed E-state index contributed by atoms with van der Waals surface area (Å²) < 4.78 is 17.6. The summed E-state index contributed by atoms with van der Waals surface area (Å²) in [5.41, 5.74) is 2.81. The van der Waals surface area contributed by atoms with Crippen LogP contribution in [0.3, 0.4) is 0 Å². The lowest BCUT2D eigenvalue weighted by atomic mass is 9.54. The van der Waals surface area contributed by atoms with E-state index in [0.29, 0.717) is 28.4 Å². The van der Waals surface area contributed by atoms with Crippen molar-refractivity contribution in [2.24, 2.45) is 5.41 Å². The van der Waals surface area contributed by atoms with Crippen LogP contribution in [0.2, 0.25) is 0 Å². The van der Waals surface area contributed by atoms with Gasteiger partial charge in [-0.25, -0.2) is 4.39 Å². The molecule has 0 saturated heterocycles. The van der Waals surface area contributed by atoms with Crippen molar-refractivity contribution in [2.75, 3.05) is 0 Å². The molecule has 0 unspecified atom stereocenters.